The Morgan fingerprint density at radius 1 is 1.43 bits per heavy atom. The van der Waals surface area contributed by atoms with E-state index in [4.69, 9.17) is 21.1 Å². The molecule has 1 unspecified atom stereocenters. The van der Waals surface area contributed by atoms with Crippen LogP contribution in [0.4, 0.5) is 0 Å². The Bertz CT molecular complexity index is 565. The summed E-state index contributed by atoms with van der Waals surface area (Å²) < 4.78 is 11.5. The fourth-order valence-electron chi connectivity index (χ4n) is 2.30. The van der Waals surface area contributed by atoms with Gasteiger partial charge >= 0.3 is 0 Å². The molecule has 0 N–H and O–H groups in total. The molecular weight excluding hydrogens is 308 g/mol. The highest BCUT2D eigenvalue weighted by molar-refractivity contribution is 7.09. The molecule has 1 aromatic carbocycles. The molecule has 0 bridgehead atoms. The van der Waals surface area contributed by atoms with Crippen LogP contribution < -0.4 is 4.74 Å². The van der Waals surface area contributed by atoms with Crippen molar-refractivity contribution in [1.29, 1.82) is 0 Å². The van der Waals surface area contributed by atoms with Crippen LogP contribution in [0.3, 0.4) is 0 Å². The first-order valence-corrected chi connectivity index (χ1v) is 8.19. The molecule has 0 spiro atoms. The Labute approximate surface area is 133 Å². The van der Waals surface area contributed by atoms with Gasteiger partial charge < -0.3 is 9.47 Å². The third kappa shape index (κ3) is 3.95. The molecule has 1 aliphatic heterocycles. The van der Waals surface area contributed by atoms with E-state index in [9.17, 15) is 0 Å². The van der Waals surface area contributed by atoms with Crippen LogP contribution in [0.2, 0.25) is 5.02 Å². The lowest BCUT2D eigenvalue weighted by Gasteiger charge is -2.31. The van der Waals surface area contributed by atoms with Gasteiger partial charge in [0.25, 0.3) is 0 Å². The number of hydrogen-bond donors (Lipinski definition) is 0. The van der Waals surface area contributed by atoms with Crippen molar-refractivity contribution in [3.8, 4) is 5.75 Å². The summed E-state index contributed by atoms with van der Waals surface area (Å²) in [5.74, 6) is 0.740. The van der Waals surface area contributed by atoms with E-state index in [2.05, 4.69) is 9.88 Å². The van der Waals surface area contributed by atoms with Gasteiger partial charge in [-0.15, -0.1) is 11.3 Å². The van der Waals surface area contributed by atoms with Gasteiger partial charge in [-0.1, -0.05) is 23.7 Å². The fourth-order valence-corrected chi connectivity index (χ4v) is 3.16. The monoisotopic (exact) mass is 324 g/mol. The van der Waals surface area contributed by atoms with Gasteiger partial charge in [-0.25, -0.2) is 4.98 Å². The summed E-state index contributed by atoms with van der Waals surface area (Å²) in [7, 11) is 0. The van der Waals surface area contributed by atoms with Crippen LogP contribution in [0.15, 0.2) is 35.8 Å². The second-order valence-electron chi connectivity index (χ2n) is 4.81. The van der Waals surface area contributed by atoms with Crippen molar-refractivity contribution in [2.24, 2.45) is 0 Å². The van der Waals surface area contributed by atoms with Crippen molar-refractivity contribution in [3.63, 3.8) is 0 Å². The van der Waals surface area contributed by atoms with E-state index in [-0.39, 0.29) is 6.10 Å². The van der Waals surface area contributed by atoms with Gasteiger partial charge in [0.1, 0.15) is 23.5 Å². The Balaban J connectivity index is 1.48. The van der Waals surface area contributed by atoms with Crippen LogP contribution in [-0.2, 0) is 4.74 Å². The molecule has 0 saturated carbocycles. The first-order valence-electron chi connectivity index (χ1n) is 6.93. The zero-order chi connectivity index (χ0) is 14.5. The number of hydrogen-bond acceptors (Lipinski definition) is 5. The normalized spacial score (nSPS) is 19.6. The molecule has 0 aliphatic carbocycles. The van der Waals surface area contributed by atoms with Crippen molar-refractivity contribution in [3.05, 3.63) is 45.9 Å². The van der Waals surface area contributed by atoms with Gasteiger partial charge in [0.2, 0.25) is 0 Å². The van der Waals surface area contributed by atoms with Crippen molar-refractivity contribution >= 4 is 22.9 Å². The molecule has 1 saturated heterocycles. The average molecular weight is 325 g/mol. The minimum Gasteiger partial charge on any atom is -0.491 e. The maximum atomic E-state index is 6.07. The quantitative estimate of drug-likeness (QED) is 0.845. The van der Waals surface area contributed by atoms with Gasteiger partial charge in [-0.3, -0.25) is 4.90 Å². The van der Waals surface area contributed by atoms with Crippen LogP contribution in [-0.4, -0.2) is 42.7 Å². The van der Waals surface area contributed by atoms with E-state index in [1.165, 1.54) is 0 Å². The molecule has 1 atom stereocenters. The molecule has 21 heavy (non-hydrogen) atoms. The van der Waals surface area contributed by atoms with Gasteiger partial charge in [0.15, 0.2) is 0 Å². The number of para-hydroxylation sites is 1. The fraction of sp³-hybridized carbons (Fsp3) is 0.400. The summed E-state index contributed by atoms with van der Waals surface area (Å²) in [4.78, 5) is 6.67. The molecule has 4 nitrogen and oxygen atoms in total. The first kappa shape index (κ1) is 14.8. The Hall–Kier alpha value is -1.14. The highest BCUT2D eigenvalue weighted by Gasteiger charge is 2.23. The number of nitrogens with zero attached hydrogens (tertiary/aromatic N) is 2. The third-order valence-electron chi connectivity index (χ3n) is 3.38. The van der Waals surface area contributed by atoms with Crippen LogP contribution in [0.5, 0.6) is 5.75 Å². The van der Waals surface area contributed by atoms with Crippen LogP contribution in [0.25, 0.3) is 0 Å². The van der Waals surface area contributed by atoms with Crippen molar-refractivity contribution in [2.45, 2.75) is 6.10 Å². The molecule has 1 aliphatic rings. The van der Waals surface area contributed by atoms with Crippen molar-refractivity contribution < 1.29 is 9.47 Å². The SMILES string of the molecule is Clc1ccccc1OCCN1CCOC(c2nccs2)C1. The Morgan fingerprint density at radius 2 is 2.33 bits per heavy atom. The van der Waals surface area contributed by atoms with Gasteiger partial charge in [0, 0.05) is 31.2 Å². The van der Waals surface area contributed by atoms with E-state index in [1.54, 1.807) is 11.3 Å². The molecule has 3 rings (SSSR count). The van der Waals surface area contributed by atoms with Crippen LogP contribution >= 0.6 is 22.9 Å². The predicted molar refractivity (Wildman–Crippen MR) is 84.2 cm³/mol. The summed E-state index contributed by atoms with van der Waals surface area (Å²) in [6.45, 7) is 3.99. The molecule has 112 valence electrons. The van der Waals surface area contributed by atoms with E-state index in [0.717, 1.165) is 37.0 Å². The Kier molecular flexibility index (Phi) is 5.08. The lowest BCUT2D eigenvalue weighted by molar-refractivity contribution is -0.0329. The van der Waals surface area contributed by atoms with Crippen molar-refractivity contribution in [1.82, 2.24) is 9.88 Å². The summed E-state index contributed by atoms with van der Waals surface area (Å²) in [5, 5.41) is 3.69. The largest absolute Gasteiger partial charge is 0.491 e. The highest BCUT2D eigenvalue weighted by atomic mass is 35.5. The lowest BCUT2D eigenvalue weighted by Crippen LogP contribution is -2.40. The zero-order valence-corrected chi connectivity index (χ0v) is 13.1. The lowest BCUT2D eigenvalue weighted by atomic mass is 10.3. The third-order valence-corrected chi connectivity index (χ3v) is 4.56. The standard InChI is InChI=1S/C15H17ClN2O2S/c16-12-3-1-2-4-13(12)19-8-6-18-7-9-20-14(11-18)15-17-5-10-21-15/h1-5,10,14H,6-9,11H2. The molecule has 1 aromatic heterocycles. The maximum Gasteiger partial charge on any atom is 0.137 e. The predicted octanol–water partition coefficient (Wildman–Crippen LogP) is 3.25. The molecule has 1 fully saturated rings. The number of rotatable bonds is 5. The highest BCUT2D eigenvalue weighted by Crippen LogP contribution is 2.25. The molecule has 2 aromatic rings. The van der Waals surface area contributed by atoms with Crippen LogP contribution in [0, 0.1) is 0 Å². The number of thiazole rings is 1. The average Bonchev–Trinajstić information content (AvgIpc) is 3.04. The summed E-state index contributed by atoms with van der Waals surface area (Å²) in [6, 6.07) is 7.55. The minimum absolute atomic E-state index is 0.0825. The van der Waals surface area contributed by atoms with E-state index < -0.39 is 0 Å². The molecule has 0 amide bonds. The Morgan fingerprint density at radius 3 is 3.14 bits per heavy atom. The topological polar surface area (TPSA) is 34.6 Å². The van der Waals surface area contributed by atoms with Gasteiger partial charge in [-0.2, -0.15) is 0 Å². The van der Waals surface area contributed by atoms with Crippen molar-refractivity contribution in [2.75, 3.05) is 32.8 Å². The van der Waals surface area contributed by atoms with E-state index in [1.807, 2.05) is 35.8 Å². The number of benzene rings is 1. The molecule has 2 heterocycles. The second-order valence-corrected chi connectivity index (χ2v) is 6.14. The smallest absolute Gasteiger partial charge is 0.137 e. The van der Waals surface area contributed by atoms with E-state index >= 15 is 0 Å². The second kappa shape index (κ2) is 7.22. The minimum atomic E-state index is 0.0825. The number of aromatic nitrogens is 1. The first-order chi connectivity index (χ1) is 10.3. The summed E-state index contributed by atoms with van der Waals surface area (Å²) in [5.41, 5.74) is 0. The number of halogens is 1. The molecular formula is C15H17ClN2O2S. The molecule has 6 heteroatoms. The van der Waals surface area contributed by atoms with Gasteiger partial charge in [-0.05, 0) is 12.1 Å². The maximum absolute atomic E-state index is 6.07. The van der Waals surface area contributed by atoms with E-state index in [0.29, 0.717) is 11.6 Å². The zero-order valence-electron chi connectivity index (χ0n) is 11.6. The summed E-state index contributed by atoms with van der Waals surface area (Å²) >= 11 is 7.71. The summed E-state index contributed by atoms with van der Waals surface area (Å²) in [6.07, 6.45) is 1.90. The number of ether oxygens (including phenoxy) is 2. The van der Waals surface area contributed by atoms with Crippen LogP contribution in [0.1, 0.15) is 11.1 Å². The molecule has 0 radical (unpaired) electrons. The number of morpholine rings is 1. The van der Waals surface area contributed by atoms with Gasteiger partial charge in [0.05, 0.1) is 11.6 Å².